The van der Waals surface area contributed by atoms with Gasteiger partial charge in [-0.1, -0.05) is 12.8 Å². The van der Waals surface area contributed by atoms with Crippen molar-refractivity contribution in [2.45, 2.75) is 31.7 Å². The molecule has 0 unspecified atom stereocenters. The van der Waals surface area contributed by atoms with E-state index in [-0.39, 0.29) is 5.91 Å². The predicted octanol–water partition coefficient (Wildman–Crippen LogP) is 1.95. The number of rotatable bonds is 3. The number of anilines is 1. The van der Waals surface area contributed by atoms with E-state index in [1.165, 1.54) is 12.8 Å². The van der Waals surface area contributed by atoms with Gasteiger partial charge >= 0.3 is 0 Å². The number of benzene rings is 1. The monoisotopic (exact) mass is 234 g/mol. The van der Waals surface area contributed by atoms with E-state index in [0.717, 1.165) is 12.8 Å². The number of methoxy groups -OCH3 is 1. The average molecular weight is 234 g/mol. The van der Waals surface area contributed by atoms with Crippen LogP contribution in [0.2, 0.25) is 0 Å². The molecule has 0 saturated heterocycles. The van der Waals surface area contributed by atoms with Gasteiger partial charge in [0.15, 0.2) is 0 Å². The summed E-state index contributed by atoms with van der Waals surface area (Å²) in [6.07, 6.45) is 4.54. The zero-order valence-corrected chi connectivity index (χ0v) is 10.0. The highest BCUT2D eigenvalue weighted by Gasteiger charge is 2.19. The molecule has 0 radical (unpaired) electrons. The number of nitrogen functional groups attached to an aromatic ring is 1. The lowest BCUT2D eigenvalue weighted by atomic mass is 10.1. The molecule has 0 aliphatic heterocycles. The molecule has 0 bridgehead atoms. The van der Waals surface area contributed by atoms with Gasteiger partial charge in [-0.05, 0) is 25.0 Å². The van der Waals surface area contributed by atoms with Crippen LogP contribution in [0.5, 0.6) is 5.75 Å². The summed E-state index contributed by atoms with van der Waals surface area (Å²) in [5, 5.41) is 3.03. The van der Waals surface area contributed by atoms with Crippen molar-refractivity contribution in [3.05, 3.63) is 23.8 Å². The van der Waals surface area contributed by atoms with Crippen molar-refractivity contribution in [3.8, 4) is 5.75 Å². The number of hydrogen-bond acceptors (Lipinski definition) is 3. The molecule has 1 aromatic rings. The highest BCUT2D eigenvalue weighted by molar-refractivity contribution is 5.97. The summed E-state index contributed by atoms with van der Waals surface area (Å²) in [6.45, 7) is 0. The highest BCUT2D eigenvalue weighted by atomic mass is 16.5. The van der Waals surface area contributed by atoms with Gasteiger partial charge in [0.05, 0.1) is 12.7 Å². The minimum absolute atomic E-state index is 0.0752. The molecule has 1 aromatic carbocycles. The molecule has 1 aliphatic rings. The van der Waals surface area contributed by atoms with Crippen LogP contribution < -0.4 is 15.8 Å². The first-order valence-corrected chi connectivity index (χ1v) is 5.95. The van der Waals surface area contributed by atoms with Crippen LogP contribution in [0.15, 0.2) is 18.2 Å². The molecule has 3 N–H and O–H groups in total. The Bertz CT molecular complexity index is 412. The van der Waals surface area contributed by atoms with Crippen molar-refractivity contribution in [2.24, 2.45) is 0 Å². The molecule has 1 fully saturated rings. The Morgan fingerprint density at radius 1 is 1.41 bits per heavy atom. The van der Waals surface area contributed by atoms with Gasteiger partial charge < -0.3 is 15.8 Å². The van der Waals surface area contributed by atoms with Gasteiger partial charge in [0.25, 0.3) is 5.91 Å². The van der Waals surface area contributed by atoms with Crippen LogP contribution in [0.25, 0.3) is 0 Å². The molecular weight excluding hydrogens is 216 g/mol. The second-order valence-corrected chi connectivity index (χ2v) is 4.41. The van der Waals surface area contributed by atoms with Gasteiger partial charge in [0.1, 0.15) is 5.75 Å². The molecule has 17 heavy (non-hydrogen) atoms. The van der Waals surface area contributed by atoms with Crippen molar-refractivity contribution in [1.82, 2.24) is 5.32 Å². The maximum atomic E-state index is 12.1. The molecule has 1 amide bonds. The third kappa shape index (κ3) is 2.70. The normalized spacial score (nSPS) is 15.8. The van der Waals surface area contributed by atoms with E-state index in [9.17, 15) is 4.79 Å². The molecule has 92 valence electrons. The van der Waals surface area contributed by atoms with Crippen molar-refractivity contribution >= 4 is 11.6 Å². The molecule has 0 aromatic heterocycles. The quantitative estimate of drug-likeness (QED) is 0.786. The van der Waals surface area contributed by atoms with E-state index in [0.29, 0.717) is 23.0 Å². The van der Waals surface area contributed by atoms with E-state index in [2.05, 4.69) is 5.32 Å². The van der Waals surface area contributed by atoms with Crippen LogP contribution in [0.1, 0.15) is 36.0 Å². The van der Waals surface area contributed by atoms with E-state index in [1.54, 1.807) is 25.3 Å². The second kappa shape index (κ2) is 5.08. The van der Waals surface area contributed by atoms with Crippen LogP contribution >= 0.6 is 0 Å². The number of hydrogen-bond donors (Lipinski definition) is 2. The fourth-order valence-electron chi connectivity index (χ4n) is 2.23. The minimum Gasteiger partial charge on any atom is -0.496 e. The molecule has 4 nitrogen and oxygen atoms in total. The number of carbonyl (C=O) groups excluding carboxylic acids is 1. The van der Waals surface area contributed by atoms with Crippen LogP contribution in [0.3, 0.4) is 0 Å². The van der Waals surface area contributed by atoms with Gasteiger partial charge in [-0.3, -0.25) is 4.79 Å². The van der Waals surface area contributed by atoms with E-state index in [4.69, 9.17) is 10.5 Å². The van der Waals surface area contributed by atoms with Gasteiger partial charge in [-0.2, -0.15) is 0 Å². The zero-order chi connectivity index (χ0) is 12.3. The summed E-state index contributed by atoms with van der Waals surface area (Å²) in [6, 6.07) is 5.40. The first-order chi connectivity index (χ1) is 8.20. The largest absolute Gasteiger partial charge is 0.496 e. The van der Waals surface area contributed by atoms with Crippen molar-refractivity contribution in [3.63, 3.8) is 0 Å². The van der Waals surface area contributed by atoms with Gasteiger partial charge in [0.2, 0.25) is 0 Å². The summed E-state index contributed by atoms with van der Waals surface area (Å²) in [7, 11) is 1.54. The van der Waals surface area contributed by atoms with Crippen LogP contribution in [0.4, 0.5) is 5.69 Å². The Balaban J connectivity index is 2.12. The van der Waals surface area contributed by atoms with Crippen molar-refractivity contribution in [2.75, 3.05) is 12.8 Å². The van der Waals surface area contributed by atoms with E-state index in [1.807, 2.05) is 0 Å². The number of amides is 1. The third-order valence-electron chi connectivity index (χ3n) is 3.16. The van der Waals surface area contributed by atoms with Crippen LogP contribution in [-0.2, 0) is 0 Å². The number of carbonyl (C=O) groups is 1. The third-order valence-corrected chi connectivity index (χ3v) is 3.16. The van der Waals surface area contributed by atoms with Crippen molar-refractivity contribution < 1.29 is 9.53 Å². The molecule has 2 rings (SSSR count). The fraction of sp³-hybridized carbons (Fsp3) is 0.462. The minimum atomic E-state index is -0.0752. The lowest BCUT2D eigenvalue weighted by molar-refractivity contribution is 0.0935. The highest BCUT2D eigenvalue weighted by Crippen LogP contribution is 2.23. The average Bonchev–Trinajstić information content (AvgIpc) is 2.81. The Hall–Kier alpha value is -1.71. The summed E-state index contributed by atoms with van der Waals surface area (Å²) in [5.74, 6) is 0.453. The number of nitrogens with two attached hydrogens (primary N) is 1. The Labute approximate surface area is 101 Å². The summed E-state index contributed by atoms with van der Waals surface area (Å²) >= 11 is 0. The Kier molecular flexibility index (Phi) is 3.52. The number of nitrogens with one attached hydrogen (secondary N) is 1. The molecule has 1 saturated carbocycles. The summed E-state index contributed by atoms with van der Waals surface area (Å²) < 4.78 is 5.17. The molecule has 0 spiro atoms. The maximum Gasteiger partial charge on any atom is 0.255 e. The van der Waals surface area contributed by atoms with E-state index >= 15 is 0 Å². The van der Waals surface area contributed by atoms with Gasteiger partial charge in [-0.15, -0.1) is 0 Å². The lowest BCUT2D eigenvalue weighted by Crippen LogP contribution is -2.32. The fourth-order valence-corrected chi connectivity index (χ4v) is 2.23. The van der Waals surface area contributed by atoms with Crippen LogP contribution in [0, 0.1) is 0 Å². The molecular formula is C13H18N2O2. The first-order valence-electron chi connectivity index (χ1n) is 5.95. The molecule has 0 heterocycles. The Morgan fingerprint density at radius 3 is 2.76 bits per heavy atom. The standard InChI is InChI=1S/C13H18N2O2/c1-17-12-8-9(14)6-7-11(12)13(16)15-10-4-2-3-5-10/h6-8,10H,2-5,14H2,1H3,(H,15,16). The van der Waals surface area contributed by atoms with Crippen molar-refractivity contribution in [1.29, 1.82) is 0 Å². The zero-order valence-electron chi connectivity index (χ0n) is 10.0. The van der Waals surface area contributed by atoms with Crippen LogP contribution in [-0.4, -0.2) is 19.1 Å². The SMILES string of the molecule is COc1cc(N)ccc1C(=O)NC1CCCC1. The Morgan fingerprint density at radius 2 is 2.12 bits per heavy atom. The lowest BCUT2D eigenvalue weighted by Gasteiger charge is -2.14. The van der Waals surface area contributed by atoms with Gasteiger partial charge in [0, 0.05) is 17.8 Å². The molecule has 4 heteroatoms. The maximum absolute atomic E-state index is 12.1. The summed E-state index contributed by atoms with van der Waals surface area (Å²) in [4.78, 5) is 12.1. The number of ether oxygens (including phenoxy) is 1. The van der Waals surface area contributed by atoms with E-state index < -0.39 is 0 Å². The molecule has 0 atom stereocenters. The topological polar surface area (TPSA) is 64.3 Å². The molecule has 1 aliphatic carbocycles. The smallest absolute Gasteiger partial charge is 0.255 e. The van der Waals surface area contributed by atoms with Gasteiger partial charge in [-0.25, -0.2) is 0 Å². The predicted molar refractivity (Wildman–Crippen MR) is 67.1 cm³/mol. The summed E-state index contributed by atoms with van der Waals surface area (Å²) in [5.41, 5.74) is 6.80. The second-order valence-electron chi connectivity index (χ2n) is 4.41. The first kappa shape index (κ1) is 11.8.